The Balaban J connectivity index is 1.59. The van der Waals surface area contributed by atoms with Crippen molar-refractivity contribution in [2.24, 2.45) is 0 Å². The van der Waals surface area contributed by atoms with Crippen molar-refractivity contribution in [3.8, 4) is 23.0 Å². The van der Waals surface area contributed by atoms with Crippen molar-refractivity contribution in [1.29, 1.82) is 0 Å². The SMILES string of the molecule is CCOc1cc(/C=C2/SC(=O)N(Cc3cc4c(cc3Cl)OCO4)C2=O)cc(Cl)c1O. The van der Waals surface area contributed by atoms with Gasteiger partial charge in [-0.05, 0) is 54.1 Å². The van der Waals surface area contributed by atoms with Crippen molar-refractivity contribution < 1.29 is 28.9 Å². The van der Waals surface area contributed by atoms with Gasteiger partial charge in [0.25, 0.3) is 11.1 Å². The van der Waals surface area contributed by atoms with E-state index in [0.29, 0.717) is 34.3 Å². The molecule has 2 heterocycles. The van der Waals surface area contributed by atoms with Crippen molar-refractivity contribution in [2.75, 3.05) is 13.4 Å². The molecule has 156 valence electrons. The smallest absolute Gasteiger partial charge is 0.293 e. The van der Waals surface area contributed by atoms with Gasteiger partial charge in [-0.25, -0.2) is 0 Å². The number of hydrogen-bond acceptors (Lipinski definition) is 7. The van der Waals surface area contributed by atoms with E-state index in [1.165, 1.54) is 12.1 Å². The van der Waals surface area contributed by atoms with Crippen molar-refractivity contribution >= 4 is 52.2 Å². The minimum atomic E-state index is -0.458. The molecule has 7 nitrogen and oxygen atoms in total. The molecule has 2 aliphatic rings. The van der Waals surface area contributed by atoms with Crippen LogP contribution in [0.1, 0.15) is 18.1 Å². The van der Waals surface area contributed by atoms with E-state index in [4.69, 9.17) is 37.4 Å². The predicted molar refractivity (Wildman–Crippen MR) is 113 cm³/mol. The Kier molecular flexibility index (Phi) is 5.73. The monoisotopic (exact) mass is 467 g/mol. The maximum Gasteiger partial charge on any atom is 0.293 e. The Morgan fingerprint density at radius 3 is 2.63 bits per heavy atom. The summed E-state index contributed by atoms with van der Waals surface area (Å²) in [4.78, 5) is 26.6. The molecule has 1 N–H and O–H groups in total. The van der Waals surface area contributed by atoms with Crippen LogP contribution >= 0.6 is 35.0 Å². The summed E-state index contributed by atoms with van der Waals surface area (Å²) in [6, 6.07) is 6.29. The normalized spacial score (nSPS) is 16.6. The van der Waals surface area contributed by atoms with Gasteiger partial charge in [0, 0.05) is 11.1 Å². The van der Waals surface area contributed by atoms with Crippen molar-refractivity contribution in [3.05, 3.63) is 50.3 Å². The Labute approximate surface area is 186 Å². The van der Waals surface area contributed by atoms with Crippen LogP contribution in [0.4, 0.5) is 4.79 Å². The number of amides is 2. The van der Waals surface area contributed by atoms with Crippen LogP contribution in [-0.2, 0) is 11.3 Å². The average Bonchev–Trinajstić information content (AvgIpc) is 3.25. The highest BCUT2D eigenvalue weighted by molar-refractivity contribution is 8.18. The minimum absolute atomic E-state index is 0.00197. The summed E-state index contributed by atoms with van der Waals surface area (Å²) < 4.78 is 16.0. The van der Waals surface area contributed by atoms with E-state index >= 15 is 0 Å². The van der Waals surface area contributed by atoms with Gasteiger partial charge in [-0.2, -0.15) is 0 Å². The molecule has 4 rings (SSSR count). The Bertz CT molecular complexity index is 1090. The molecule has 2 aliphatic heterocycles. The number of fused-ring (bicyclic) bond motifs is 1. The standard InChI is InChI=1S/C20H15Cl2NO6S/c1-2-27-16-4-10(3-13(22)18(16)24)5-17-19(25)23(20(26)30-17)8-11-6-14-15(7-12(11)21)29-9-28-14/h3-7,24H,2,8-9H2,1H3/b17-5+. The third-order valence-corrected chi connectivity index (χ3v) is 5.94. The number of hydrogen-bond donors (Lipinski definition) is 1. The fraction of sp³-hybridized carbons (Fsp3) is 0.200. The number of phenolic OH excluding ortho intramolecular Hbond substituents is 1. The van der Waals surface area contributed by atoms with E-state index in [2.05, 4.69) is 0 Å². The highest BCUT2D eigenvalue weighted by atomic mass is 35.5. The molecule has 0 atom stereocenters. The second-order valence-corrected chi connectivity index (χ2v) is 8.15. The number of thioether (sulfide) groups is 1. The maximum absolute atomic E-state index is 12.8. The summed E-state index contributed by atoms with van der Waals surface area (Å²) in [6.45, 7) is 2.20. The maximum atomic E-state index is 12.8. The first kappa shape index (κ1) is 20.7. The van der Waals surface area contributed by atoms with Crippen molar-refractivity contribution in [2.45, 2.75) is 13.5 Å². The van der Waals surface area contributed by atoms with Crippen LogP contribution in [-0.4, -0.2) is 34.6 Å². The fourth-order valence-corrected chi connectivity index (χ4v) is 4.25. The Morgan fingerprint density at radius 1 is 1.17 bits per heavy atom. The van der Waals surface area contributed by atoms with Gasteiger partial charge >= 0.3 is 0 Å². The number of aromatic hydroxyl groups is 1. The van der Waals surface area contributed by atoms with Crippen molar-refractivity contribution in [3.63, 3.8) is 0 Å². The zero-order valence-corrected chi connectivity index (χ0v) is 17.9. The van der Waals surface area contributed by atoms with Gasteiger partial charge in [0.15, 0.2) is 23.0 Å². The van der Waals surface area contributed by atoms with Gasteiger partial charge < -0.3 is 19.3 Å². The van der Waals surface area contributed by atoms with E-state index in [1.807, 2.05) is 0 Å². The number of halogens is 2. The first-order chi connectivity index (χ1) is 14.4. The highest BCUT2D eigenvalue weighted by Crippen LogP contribution is 2.40. The average molecular weight is 468 g/mol. The lowest BCUT2D eigenvalue weighted by molar-refractivity contribution is -0.123. The summed E-state index contributed by atoms with van der Waals surface area (Å²) >= 11 is 13.1. The van der Waals surface area contributed by atoms with Crippen molar-refractivity contribution in [1.82, 2.24) is 4.90 Å². The van der Waals surface area contributed by atoms with Gasteiger partial charge in [-0.15, -0.1) is 0 Å². The first-order valence-electron chi connectivity index (χ1n) is 8.86. The van der Waals surface area contributed by atoms with Crippen LogP contribution in [0.15, 0.2) is 29.2 Å². The second-order valence-electron chi connectivity index (χ2n) is 6.35. The molecule has 0 bridgehead atoms. The van der Waals surface area contributed by atoms with E-state index in [1.54, 1.807) is 25.1 Å². The van der Waals surface area contributed by atoms with Crippen LogP contribution in [0.3, 0.4) is 0 Å². The quantitative estimate of drug-likeness (QED) is 0.614. The summed E-state index contributed by atoms with van der Waals surface area (Å²) in [7, 11) is 0. The van der Waals surface area contributed by atoms with E-state index in [0.717, 1.165) is 16.7 Å². The van der Waals surface area contributed by atoms with E-state index in [-0.39, 0.29) is 34.8 Å². The number of benzene rings is 2. The molecule has 0 saturated carbocycles. The van der Waals surface area contributed by atoms with Gasteiger partial charge in [-0.1, -0.05) is 23.2 Å². The molecule has 0 spiro atoms. The zero-order valence-electron chi connectivity index (χ0n) is 15.6. The number of ether oxygens (including phenoxy) is 3. The van der Waals surface area contributed by atoms with Crippen LogP contribution in [0, 0.1) is 0 Å². The predicted octanol–water partition coefficient (Wildman–Crippen LogP) is 5.06. The number of nitrogens with zero attached hydrogens (tertiary/aromatic N) is 1. The molecule has 2 aromatic rings. The molecule has 30 heavy (non-hydrogen) atoms. The number of carbonyl (C=O) groups excluding carboxylic acids is 2. The lowest BCUT2D eigenvalue weighted by Gasteiger charge is -2.14. The largest absolute Gasteiger partial charge is 0.503 e. The number of rotatable bonds is 5. The molecule has 2 aromatic carbocycles. The van der Waals surface area contributed by atoms with Crippen LogP contribution in [0.25, 0.3) is 6.08 Å². The number of phenols is 1. The van der Waals surface area contributed by atoms with Crippen LogP contribution < -0.4 is 14.2 Å². The van der Waals surface area contributed by atoms with Crippen LogP contribution in [0.5, 0.6) is 23.0 Å². The van der Waals surface area contributed by atoms with E-state index in [9.17, 15) is 14.7 Å². The highest BCUT2D eigenvalue weighted by Gasteiger charge is 2.36. The summed E-state index contributed by atoms with van der Waals surface area (Å²) in [5.41, 5.74) is 1.09. The third kappa shape index (κ3) is 3.90. The van der Waals surface area contributed by atoms with Gasteiger partial charge in [0.1, 0.15) is 0 Å². The molecular weight excluding hydrogens is 453 g/mol. The number of carbonyl (C=O) groups is 2. The lowest BCUT2D eigenvalue weighted by Crippen LogP contribution is -2.27. The molecule has 0 aromatic heterocycles. The molecule has 2 amide bonds. The molecule has 10 heteroatoms. The Hall–Kier alpha value is -2.55. The lowest BCUT2D eigenvalue weighted by atomic mass is 10.1. The van der Waals surface area contributed by atoms with Crippen LogP contribution in [0.2, 0.25) is 10.0 Å². The van der Waals surface area contributed by atoms with Gasteiger partial charge in [0.05, 0.1) is 23.1 Å². The van der Waals surface area contributed by atoms with Gasteiger partial charge in [0.2, 0.25) is 6.79 Å². The molecule has 1 fully saturated rings. The Morgan fingerprint density at radius 2 is 1.90 bits per heavy atom. The summed E-state index contributed by atoms with van der Waals surface area (Å²) in [5, 5.41) is 9.99. The summed E-state index contributed by atoms with van der Waals surface area (Å²) in [5.74, 6) is 0.593. The minimum Gasteiger partial charge on any atom is -0.503 e. The summed E-state index contributed by atoms with van der Waals surface area (Å²) in [6.07, 6.45) is 1.53. The topological polar surface area (TPSA) is 85.3 Å². The molecular formula is C20H15Cl2NO6S. The first-order valence-corrected chi connectivity index (χ1v) is 10.4. The molecule has 0 aliphatic carbocycles. The fourth-order valence-electron chi connectivity index (χ4n) is 2.98. The third-order valence-electron chi connectivity index (χ3n) is 4.39. The molecule has 0 radical (unpaired) electrons. The molecule has 0 unspecified atom stereocenters. The second kappa shape index (κ2) is 8.29. The zero-order chi connectivity index (χ0) is 21.4. The van der Waals surface area contributed by atoms with E-state index < -0.39 is 11.1 Å². The number of imide groups is 1. The molecule has 1 saturated heterocycles. The van der Waals surface area contributed by atoms with Gasteiger partial charge in [-0.3, -0.25) is 14.5 Å².